The van der Waals surface area contributed by atoms with E-state index in [-0.39, 0.29) is 0 Å². The van der Waals surface area contributed by atoms with E-state index >= 15 is 0 Å². The molecule has 4 heteroatoms. The van der Waals surface area contributed by atoms with Gasteiger partial charge in [0.1, 0.15) is 0 Å². The van der Waals surface area contributed by atoms with Crippen LogP contribution in [0.15, 0.2) is 34.9 Å². The molecule has 0 radical (unpaired) electrons. The maximum Gasteiger partial charge on any atom is 0.0699 e. The van der Waals surface area contributed by atoms with Gasteiger partial charge in [0.25, 0.3) is 0 Å². The van der Waals surface area contributed by atoms with Crippen LogP contribution in [-0.4, -0.2) is 9.78 Å². The van der Waals surface area contributed by atoms with Gasteiger partial charge in [-0.2, -0.15) is 5.10 Å². The average molecular weight is 308 g/mol. The first-order valence-corrected chi connectivity index (χ1v) is 6.88. The highest BCUT2D eigenvalue weighted by atomic mass is 79.9. The number of aryl methyl sites for hydroxylation is 1. The van der Waals surface area contributed by atoms with Crippen LogP contribution >= 0.6 is 15.9 Å². The largest absolute Gasteiger partial charge is 0.380 e. The van der Waals surface area contributed by atoms with Crippen molar-refractivity contribution in [1.82, 2.24) is 9.78 Å². The second-order valence-corrected chi connectivity index (χ2v) is 5.56. The highest BCUT2D eigenvalue weighted by Gasteiger charge is 2.11. The van der Waals surface area contributed by atoms with Crippen molar-refractivity contribution in [3.63, 3.8) is 0 Å². The number of aromatic nitrogens is 2. The highest BCUT2D eigenvalue weighted by molar-refractivity contribution is 9.10. The van der Waals surface area contributed by atoms with Crippen LogP contribution in [0.2, 0.25) is 0 Å². The summed E-state index contributed by atoms with van der Waals surface area (Å²) in [5.74, 6) is 0.446. The third kappa shape index (κ3) is 2.93. The number of halogens is 1. The van der Waals surface area contributed by atoms with E-state index in [4.69, 9.17) is 0 Å². The van der Waals surface area contributed by atoms with Crippen LogP contribution in [0.25, 0.3) is 0 Å². The molecular formula is C14H18BrN3. The van der Waals surface area contributed by atoms with Crippen molar-refractivity contribution in [2.45, 2.75) is 26.3 Å². The van der Waals surface area contributed by atoms with Crippen LogP contribution in [0.5, 0.6) is 0 Å². The van der Waals surface area contributed by atoms with Crippen molar-refractivity contribution < 1.29 is 0 Å². The van der Waals surface area contributed by atoms with Gasteiger partial charge in [0.2, 0.25) is 0 Å². The Hall–Kier alpha value is -1.29. The summed E-state index contributed by atoms with van der Waals surface area (Å²) in [4.78, 5) is 0. The zero-order chi connectivity index (χ0) is 13.1. The summed E-state index contributed by atoms with van der Waals surface area (Å²) < 4.78 is 2.96. The van der Waals surface area contributed by atoms with E-state index in [1.54, 1.807) is 0 Å². The predicted molar refractivity (Wildman–Crippen MR) is 78.8 cm³/mol. The third-order valence-corrected chi connectivity index (χ3v) is 3.52. The number of benzene rings is 1. The summed E-state index contributed by atoms with van der Waals surface area (Å²) >= 11 is 3.54. The summed E-state index contributed by atoms with van der Waals surface area (Å²) in [6, 6.07) is 8.14. The Bertz CT molecular complexity index is 532. The predicted octanol–water partition coefficient (Wildman–Crippen LogP) is 3.92. The quantitative estimate of drug-likeness (QED) is 0.928. The molecule has 0 amide bonds. The Balaban J connectivity index is 2.13. The van der Waals surface area contributed by atoms with Crippen molar-refractivity contribution in [3.8, 4) is 0 Å². The standard InChI is InChI=1S/C14H18BrN3/c1-10(2)14-11(9-18(3)17-14)8-16-13-7-5-4-6-12(13)15/h4-7,9-10,16H,8H2,1-3H3. The van der Waals surface area contributed by atoms with E-state index in [2.05, 4.69) is 52.5 Å². The third-order valence-electron chi connectivity index (χ3n) is 2.83. The van der Waals surface area contributed by atoms with Gasteiger partial charge in [0, 0.05) is 35.5 Å². The summed E-state index contributed by atoms with van der Waals surface area (Å²) in [5.41, 5.74) is 3.52. The highest BCUT2D eigenvalue weighted by Crippen LogP contribution is 2.23. The molecule has 3 nitrogen and oxygen atoms in total. The van der Waals surface area contributed by atoms with Gasteiger partial charge in [0.15, 0.2) is 0 Å². The normalized spacial score (nSPS) is 10.9. The molecule has 0 bridgehead atoms. The first-order chi connectivity index (χ1) is 8.58. The Labute approximate surface area is 116 Å². The number of nitrogens with one attached hydrogen (secondary N) is 1. The van der Waals surface area contributed by atoms with E-state index in [9.17, 15) is 0 Å². The molecule has 0 aliphatic heterocycles. The van der Waals surface area contributed by atoms with Gasteiger partial charge in [0.05, 0.1) is 5.69 Å². The molecule has 1 aromatic heterocycles. The summed E-state index contributed by atoms with van der Waals surface area (Å²) in [6.45, 7) is 5.14. The van der Waals surface area contributed by atoms with Gasteiger partial charge in [-0.1, -0.05) is 26.0 Å². The van der Waals surface area contributed by atoms with Crippen LogP contribution in [0.4, 0.5) is 5.69 Å². The van der Waals surface area contributed by atoms with E-state index in [0.717, 1.165) is 22.4 Å². The monoisotopic (exact) mass is 307 g/mol. The summed E-state index contributed by atoms with van der Waals surface area (Å²) in [6.07, 6.45) is 2.08. The van der Waals surface area contributed by atoms with Crippen LogP contribution in [0, 0.1) is 0 Å². The molecule has 18 heavy (non-hydrogen) atoms. The molecule has 1 aromatic carbocycles. The average Bonchev–Trinajstić information content (AvgIpc) is 2.70. The van der Waals surface area contributed by atoms with E-state index < -0.39 is 0 Å². The molecule has 0 saturated heterocycles. The number of nitrogens with zero attached hydrogens (tertiary/aromatic N) is 2. The van der Waals surface area contributed by atoms with Crippen molar-refractivity contribution >= 4 is 21.6 Å². The zero-order valence-corrected chi connectivity index (χ0v) is 12.5. The first kappa shape index (κ1) is 13.1. The van der Waals surface area contributed by atoms with Gasteiger partial charge in [-0.3, -0.25) is 4.68 Å². The van der Waals surface area contributed by atoms with Gasteiger partial charge in [-0.15, -0.1) is 0 Å². The Morgan fingerprint density at radius 1 is 1.33 bits per heavy atom. The van der Waals surface area contributed by atoms with Crippen molar-refractivity contribution in [2.75, 3.05) is 5.32 Å². The SMILES string of the molecule is CC(C)c1nn(C)cc1CNc1ccccc1Br. The lowest BCUT2D eigenvalue weighted by Crippen LogP contribution is -2.03. The van der Waals surface area contributed by atoms with Gasteiger partial charge >= 0.3 is 0 Å². The van der Waals surface area contributed by atoms with Crippen LogP contribution < -0.4 is 5.32 Å². The van der Waals surface area contributed by atoms with Gasteiger partial charge < -0.3 is 5.32 Å². The summed E-state index contributed by atoms with van der Waals surface area (Å²) in [7, 11) is 1.97. The zero-order valence-electron chi connectivity index (χ0n) is 10.9. The van der Waals surface area contributed by atoms with E-state index in [1.165, 1.54) is 5.56 Å². The number of anilines is 1. The summed E-state index contributed by atoms with van der Waals surface area (Å²) in [5, 5.41) is 7.95. The fraction of sp³-hybridized carbons (Fsp3) is 0.357. The lowest BCUT2D eigenvalue weighted by molar-refractivity contribution is 0.712. The van der Waals surface area contributed by atoms with Crippen molar-refractivity contribution in [1.29, 1.82) is 0 Å². The molecule has 0 unspecified atom stereocenters. The molecule has 0 atom stereocenters. The molecule has 1 N–H and O–H groups in total. The van der Waals surface area contributed by atoms with Gasteiger partial charge in [-0.05, 0) is 34.0 Å². The maximum atomic E-state index is 4.51. The molecule has 96 valence electrons. The van der Waals surface area contributed by atoms with E-state index in [0.29, 0.717) is 5.92 Å². The van der Waals surface area contributed by atoms with Crippen LogP contribution in [0.3, 0.4) is 0 Å². The van der Waals surface area contributed by atoms with Crippen LogP contribution in [0.1, 0.15) is 31.0 Å². The number of rotatable bonds is 4. The second kappa shape index (κ2) is 5.57. The molecular weight excluding hydrogens is 290 g/mol. The van der Waals surface area contributed by atoms with Crippen molar-refractivity contribution in [2.24, 2.45) is 7.05 Å². The number of hydrogen-bond acceptors (Lipinski definition) is 2. The molecule has 0 fully saturated rings. The minimum Gasteiger partial charge on any atom is -0.380 e. The Morgan fingerprint density at radius 2 is 2.06 bits per heavy atom. The van der Waals surface area contributed by atoms with E-state index in [1.807, 2.05) is 29.9 Å². The number of hydrogen-bond donors (Lipinski definition) is 1. The number of para-hydroxylation sites is 1. The van der Waals surface area contributed by atoms with Gasteiger partial charge in [-0.25, -0.2) is 0 Å². The Kier molecular flexibility index (Phi) is 4.07. The molecule has 0 aliphatic carbocycles. The lowest BCUT2D eigenvalue weighted by atomic mass is 10.1. The topological polar surface area (TPSA) is 29.9 Å². The molecule has 2 rings (SSSR count). The first-order valence-electron chi connectivity index (χ1n) is 6.08. The lowest BCUT2D eigenvalue weighted by Gasteiger charge is -2.09. The van der Waals surface area contributed by atoms with Crippen LogP contribution in [-0.2, 0) is 13.6 Å². The molecule has 0 saturated carbocycles. The fourth-order valence-electron chi connectivity index (χ4n) is 1.97. The maximum absolute atomic E-state index is 4.51. The smallest absolute Gasteiger partial charge is 0.0699 e. The molecule has 0 spiro atoms. The van der Waals surface area contributed by atoms with Crippen molar-refractivity contribution in [3.05, 3.63) is 46.2 Å². The fourth-order valence-corrected chi connectivity index (χ4v) is 2.40. The Morgan fingerprint density at radius 3 is 2.72 bits per heavy atom. The molecule has 0 aliphatic rings. The molecule has 2 aromatic rings. The minimum absolute atomic E-state index is 0.446. The second-order valence-electron chi connectivity index (χ2n) is 4.70. The molecule has 1 heterocycles. The minimum atomic E-state index is 0.446.